The minimum atomic E-state index is -4.16. The van der Waals surface area contributed by atoms with Crippen LogP contribution in [0.3, 0.4) is 0 Å². The predicted molar refractivity (Wildman–Crippen MR) is 77.5 cm³/mol. The van der Waals surface area contributed by atoms with E-state index in [4.69, 9.17) is 0 Å². The van der Waals surface area contributed by atoms with Gasteiger partial charge in [-0.15, -0.1) is 0 Å². The van der Waals surface area contributed by atoms with Crippen LogP contribution in [-0.2, 0) is 23.4 Å². The van der Waals surface area contributed by atoms with Gasteiger partial charge in [0.1, 0.15) is 18.9 Å². The number of aryl methyl sites for hydroxylation is 1. The molecule has 0 spiro atoms. The summed E-state index contributed by atoms with van der Waals surface area (Å²) in [4.78, 5) is 0. The van der Waals surface area contributed by atoms with Gasteiger partial charge in [0, 0.05) is 7.05 Å². The summed E-state index contributed by atoms with van der Waals surface area (Å²) in [5.74, 6) is 0.105. The zero-order valence-electron chi connectivity index (χ0n) is 12.7. The van der Waals surface area contributed by atoms with Crippen LogP contribution in [0.15, 0.2) is 18.7 Å². The van der Waals surface area contributed by atoms with Crippen LogP contribution < -0.4 is 4.57 Å². The van der Waals surface area contributed by atoms with Crippen LogP contribution in [0.2, 0.25) is 0 Å². The summed E-state index contributed by atoms with van der Waals surface area (Å²) in [6.45, 7) is 7.52. The van der Waals surface area contributed by atoms with E-state index in [1.165, 1.54) is 7.05 Å². The van der Waals surface area contributed by atoms with Gasteiger partial charge in [-0.2, -0.15) is 12.7 Å². The van der Waals surface area contributed by atoms with Gasteiger partial charge in [-0.25, -0.2) is 9.13 Å². The largest absolute Gasteiger partial charge is 0.336 e. The van der Waals surface area contributed by atoms with Crippen molar-refractivity contribution in [1.29, 1.82) is 0 Å². The predicted octanol–water partition coefficient (Wildman–Crippen LogP) is 1.33. The third-order valence-corrected chi connectivity index (χ3v) is 4.51. The molecule has 1 heterocycles. The topological polar surface area (TPSA) is 66.4 Å². The zero-order chi connectivity index (χ0) is 15.3. The minimum absolute atomic E-state index is 0.105. The molecule has 1 N–H and O–H groups in total. The van der Waals surface area contributed by atoms with E-state index in [9.17, 15) is 13.0 Å². The number of imidazole rings is 1. The Hall–Kier alpha value is -0.920. The molecule has 0 fully saturated rings. The van der Waals surface area contributed by atoms with E-state index in [0.717, 1.165) is 23.7 Å². The molecule has 116 valence electrons. The van der Waals surface area contributed by atoms with E-state index in [-0.39, 0.29) is 12.0 Å². The van der Waals surface area contributed by atoms with E-state index >= 15 is 0 Å². The molecular weight excluding hydrogens is 278 g/mol. The van der Waals surface area contributed by atoms with Crippen molar-refractivity contribution >= 4 is 10.3 Å². The monoisotopic (exact) mass is 304 g/mol. The molecule has 1 rings (SSSR count). The van der Waals surface area contributed by atoms with E-state index in [0.29, 0.717) is 6.54 Å². The lowest BCUT2D eigenvalue weighted by atomic mass is 10.1. The molecule has 1 atom stereocenters. The van der Waals surface area contributed by atoms with Gasteiger partial charge in [0.25, 0.3) is 0 Å². The number of rotatable bonds is 8. The van der Waals surface area contributed by atoms with Crippen molar-refractivity contribution < 1.29 is 17.5 Å². The molecule has 6 nitrogen and oxygen atoms in total. The Bertz CT molecular complexity index is 511. The maximum absolute atomic E-state index is 11.3. The number of nitrogens with zero attached hydrogens (tertiary/aromatic N) is 3. The van der Waals surface area contributed by atoms with Crippen molar-refractivity contribution in [2.45, 2.75) is 52.7 Å². The first-order valence-electron chi connectivity index (χ1n) is 7.01. The Morgan fingerprint density at radius 3 is 2.55 bits per heavy atom. The lowest BCUT2D eigenvalue weighted by molar-refractivity contribution is -0.701. The quantitative estimate of drug-likeness (QED) is 0.582. The second-order valence-electron chi connectivity index (χ2n) is 5.51. The average Bonchev–Trinajstić information content (AvgIpc) is 2.78. The fraction of sp³-hybridized carbons (Fsp3) is 0.769. The molecular formula is C13H26N3O3S+. The number of unbranched alkanes of at least 4 members (excludes halogenated alkanes) is 1. The molecule has 0 unspecified atom stereocenters. The van der Waals surface area contributed by atoms with Gasteiger partial charge < -0.3 is 0 Å². The zero-order valence-corrected chi connectivity index (χ0v) is 13.5. The summed E-state index contributed by atoms with van der Waals surface area (Å²) in [5, 5.41) is 0. The molecule has 20 heavy (non-hydrogen) atoms. The molecule has 0 aliphatic carbocycles. The first kappa shape index (κ1) is 17.1. The van der Waals surface area contributed by atoms with E-state index in [2.05, 4.69) is 11.5 Å². The molecule has 0 saturated carbocycles. The maximum Gasteiger partial charge on any atom is 0.336 e. The third-order valence-electron chi connectivity index (χ3n) is 3.51. The summed E-state index contributed by atoms with van der Waals surface area (Å²) >= 11 is 0. The SMILES string of the molecule is CCCCn1cc[n+](C[C@H](C(C)C)N(C)S(=O)(=O)O)c1. The number of hydrogen-bond acceptors (Lipinski definition) is 2. The van der Waals surface area contributed by atoms with Crippen LogP contribution in [0.1, 0.15) is 33.6 Å². The van der Waals surface area contributed by atoms with Gasteiger partial charge in [-0.05, 0) is 12.3 Å². The van der Waals surface area contributed by atoms with Gasteiger partial charge in [-0.3, -0.25) is 4.55 Å². The Morgan fingerprint density at radius 2 is 2.05 bits per heavy atom. The fourth-order valence-corrected chi connectivity index (χ4v) is 2.80. The second kappa shape index (κ2) is 7.19. The van der Waals surface area contributed by atoms with Crippen LogP contribution in [0, 0.1) is 5.92 Å². The van der Waals surface area contributed by atoms with Crippen LogP contribution in [0.25, 0.3) is 0 Å². The summed E-state index contributed by atoms with van der Waals surface area (Å²) in [5.41, 5.74) is 0. The molecule has 1 aromatic rings. The van der Waals surface area contributed by atoms with Gasteiger partial charge in [0.05, 0.1) is 12.6 Å². The molecule has 0 bridgehead atoms. The Labute approximate surface area is 121 Å². The molecule has 0 saturated heterocycles. The smallest absolute Gasteiger partial charge is 0.273 e. The molecule has 0 amide bonds. The molecule has 0 aliphatic heterocycles. The third kappa shape index (κ3) is 4.88. The van der Waals surface area contributed by atoms with Crippen LogP contribution in [-0.4, -0.2) is 34.9 Å². The van der Waals surface area contributed by atoms with Crippen molar-refractivity contribution in [3.8, 4) is 0 Å². The van der Waals surface area contributed by atoms with Crippen molar-refractivity contribution in [3.63, 3.8) is 0 Å². The molecule has 0 radical (unpaired) electrons. The highest BCUT2D eigenvalue weighted by Gasteiger charge is 2.29. The van der Waals surface area contributed by atoms with Crippen molar-refractivity contribution in [2.75, 3.05) is 7.05 Å². The van der Waals surface area contributed by atoms with Gasteiger partial charge >= 0.3 is 10.3 Å². The highest BCUT2D eigenvalue weighted by atomic mass is 32.2. The van der Waals surface area contributed by atoms with Crippen LogP contribution >= 0.6 is 0 Å². The fourth-order valence-electron chi connectivity index (χ4n) is 2.15. The molecule has 0 aromatic carbocycles. The minimum Gasteiger partial charge on any atom is -0.273 e. The Kier molecular flexibility index (Phi) is 6.16. The lowest BCUT2D eigenvalue weighted by Gasteiger charge is -2.26. The highest BCUT2D eigenvalue weighted by molar-refractivity contribution is 7.83. The number of likely N-dealkylation sites (N-methyl/N-ethyl adjacent to an activating group) is 1. The first-order chi connectivity index (χ1) is 9.25. The van der Waals surface area contributed by atoms with Gasteiger partial charge in [-0.1, -0.05) is 27.2 Å². The Balaban J connectivity index is 2.78. The van der Waals surface area contributed by atoms with Gasteiger partial charge in [0.2, 0.25) is 6.33 Å². The maximum atomic E-state index is 11.3. The summed E-state index contributed by atoms with van der Waals surface area (Å²) < 4.78 is 36.8. The van der Waals surface area contributed by atoms with Gasteiger partial charge in [0.15, 0.2) is 0 Å². The molecule has 0 aliphatic rings. The number of aromatic nitrogens is 2. The second-order valence-corrected chi connectivity index (χ2v) is 6.98. The standard InChI is InChI=1S/C13H25N3O3S/c1-5-6-7-15-8-9-16(11-15)10-13(12(2)3)14(4)20(17,18)19/h8-9,11-13H,5-7,10H2,1-4H3/p+1/t13-/m1/s1. The molecule has 1 aromatic heterocycles. The van der Waals surface area contributed by atoms with E-state index < -0.39 is 10.3 Å². The van der Waals surface area contributed by atoms with E-state index in [1.807, 2.05) is 37.1 Å². The lowest BCUT2D eigenvalue weighted by Crippen LogP contribution is -2.49. The first-order valence-corrected chi connectivity index (χ1v) is 8.40. The van der Waals surface area contributed by atoms with Crippen LogP contribution in [0.5, 0.6) is 0 Å². The Morgan fingerprint density at radius 1 is 1.40 bits per heavy atom. The van der Waals surface area contributed by atoms with Crippen molar-refractivity contribution in [2.24, 2.45) is 5.92 Å². The van der Waals surface area contributed by atoms with Crippen LogP contribution in [0.4, 0.5) is 0 Å². The summed E-state index contributed by atoms with van der Waals surface area (Å²) in [7, 11) is -2.75. The highest BCUT2D eigenvalue weighted by Crippen LogP contribution is 2.12. The summed E-state index contributed by atoms with van der Waals surface area (Å²) in [6, 6.07) is -0.281. The van der Waals surface area contributed by atoms with Crippen molar-refractivity contribution in [1.82, 2.24) is 8.87 Å². The average molecular weight is 304 g/mol. The molecule has 7 heteroatoms. The summed E-state index contributed by atoms with van der Waals surface area (Å²) in [6.07, 6.45) is 8.15. The normalized spacial score (nSPS) is 14.2. The number of hydrogen-bond donors (Lipinski definition) is 1. The van der Waals surface area contributed by atoms with E-state index in [1.54, 1.807) is 0 Å². The van der Waals surface area contributed by atoms with Crippen molar-refractivity contribution in [3.05, 3.63) is 18.7 Å².